The first-order valence-electron chi connectivity index (χ1n) is 7.13. The van der Waals surface area contributed by atoms with E-state index in [1.165, 1.54) is 0 Å². The van der Waals surface area contributed by atoms with E-state index < -0.39 is 11.9 Å². The van der Waals surface area contributed by atoms with Gasteiger partial charge >= 0.3 is 5.97 Å². The molecule has 1 aliphatic carbocycles. The Morgan fingerprint density at radius 3 is 2.68 bits per heavy atom. The van der Waals surface area contributed by atoms with E-state index in [-0.39, 0.29) is 11.8 Å². The van der Waals surface area contributed by atoms with Crippen LogP contribution in [0.1, 0.15) is 12.0 Å². The Morgan fingerprint density at radius 2 is 2.05 bits per heavy atom. The van der Waals surface area contributed by atoms with E-state index in [4.69, 9.17) is 5.11 Å². The first-order valence-corrected chi connectivity index (χ1v) is 7.13. The number of aliphatic carboxylic acids is 1. The Kier molecular flexibility index (Phi) is 3.66. The number of hydrogen-bond acceptors (Lipinski definition) is 3. The fourth-order valence-corrected chi connectivity index (χ4v) is 2.54. The van der Waals surface area contributed by atoms with E-state index >= 15 is 0 Å². The molecule has 1 aromatic heterocycles. The van der Waals surface area contributed by atoms with Crippen molar-refractivity contribution in [1.82, 2.24) is 14.7 Å². The van der Waals surface area contributed by atoms with Gasteiger partial charge in [-0.25, -0.2) is 4.68 Å². The van der Waals surface area contributed by atoms with E-state index in [1.54, 1.807) is 22.8 Å². The molecule has 0 bridgehead atoms. The molecule has 114 valence electrons. The van der Waals surface area contributed by atoms with Crippen LogP contribution >= 0.6 is 0 Å². The molecule has 0 radical (unpaired) electrons. The van der Waals surface area contributed by atoms with Gasteiger partial charge in [0.25, 0.3) is 0 Å². The largest absolute Gasteiger partial charge is 0.481 e. The summed E-state index contributed by atoms with van der Waals surface area (Å²) in [6, 6.07) is 9.71. The summed E-state index contributed by atoms with van der Waals surface area (Å²) in [5.41, 5.74) is 1.86. The molecule has 1 heterocycles. The van der Waals surface area contributed by atoms with Gasteiger partial charge in [0.2, 0.25) is 5.91 Å². The molecule has 0 spiro atoms. The number of benzene rings is 1. The summed E-state index contributed by atoms with van der Waals surface area (Å²) in [7, 11) is 1.69. The smallest absolute Gasteiger partial charge is 0.307 e. The molecule has 2 aromatic rings. The zero-order valence-corrected chi connectivity index (χ0v) is 12.2. The van der Waals surface area contributed by atoms with Crippen LogP contribution in [0, 0.1) is 11.8 Å². The van der Waals surface area contributed by atoms with Crippen molar-refractivity contribution in [3.05, 3.63) is 48.3 Å². The molecule has 6 heteroatoms. The molecular weight excluding hydrogens is 282 g/mol. The standard InChI is InChI=1S/C16H17N3O3/c1-18(15(20)13-7-14(13)16(21)22)9-11-8-17-19(10-11)12-5-3-2-4-6-12/h2-6,8,10,13-14H,7,9H2,1H3,(H,21,22)/t13-,14+/m1/s1. The van der Waals surface area contributed by atoms with Crippen molar-refractivity contribution >= 4 is 11.9 Å². The van der Waals surface area contributed by atoms with Crippen LogP contribution in [0.4, 0.5) is 0 Å². The fourth-order valence-electron chi connectivity index (χ4n) is 2.54. The summed E-state index contributed by atoms with van der Waals surface area (Å²) in [6.07, 6.45) is 4.04. The van der Waals surface area contributed by atoms with Gasteiger partial charge in [-0.05, 0) is 18.6 Å². The Bertz CT molecular complexity index is 696. The summed E-state index contributed by atoms with van der Waals surface area (Å²) >= 11 is 0. The highest BCUT2D eigenvalue weighted by atomic mass is 16.4. The van der Waals surface area contributed by atoms with Gasteiger partial charge in [-0.2, -0.15) is 5.10 Å². The quantitative estimate of drug-likeness (QED) is 0.909. The minimum Gasteiger partial charge on any atom is -0.481 e. The van der Waals surface area contributed by atoms with E-state index in [0.717, 1.165) is 11.3 Å². The molecule has 1 amide bonds. The molecule has 0 aliphatic heterocycles. The summed E-state index contributed by atoms with van der Waals surface area (Å²) in [5.74, 6) is -1.88. The van der Waals surface area contributed by atoms with Gasteiger partial charge in [0.15, 0.2) is 0 Å². The molecule has 1 N–H and O–H groups in total. The first kappa shape index (κ1) is 14.3. The minimum atomic E-state index is -0.886. The summed E-state index contributed by atoms with van der Waals surface area (Å²) in [6.45, 7) is 0.425. The molecule has 6 nitrogen and oxygen atoms in total. The van der Waals surface area contributed by atoms with Crippen molar-refractivity contribution in [2.45, 2.75) is 13.0 Å². The van der Waals surface area contributed by atoms with Crippen LogP contribution in [-0.2, 0) is 16.1 Å². The molecule has 1 aromatic carbocycles. The number of para-hydroxylation sites is 1. The van der Waals surface area contributed by atoms with Gasteiger partial charge in [0, 0.05) is 25.4 Å². The van der Waals surface area contributed by atoms with Crippen molar-refractivity contribution in [3.8, 4) is 5.69 Å². The second-order valence-corrected chi connectivity index (χ2v) is 5.61. The van der Waals surface area contributed by atoms with Gasteiger partial charge in [0.05, 0.1) is 23.7 Å². The Labute approximate surface area is 128 Å². The van der Waals surface area contributed by atoms with Gasteiger partial charge in [-0.1, -0.05) is 18.2 Å². The maximum absolute atomic E-state index is 12.1. The van der Waals surface area contributed by atoms with Crippen molar-refractivity contribution in [1.29, 1.82) is 0 Å². The molecule has 1 fully saturated rings. The van der Waals surface area contributed by atoms with Crippen LogP contribution in [0.5, 0.6) is 0 Å². The number of carboxylic acid groups (broad SMARTS) is 1. The normalized spacial score (nSPS) is 19.7. The number of hydrogen-bond donors (Lipinski definition) is 1. The third-order valence-corrected chi connectivity index (χ3v) is 3.88. The molecule has 1 saturated carbocycles. The van der Waals surface area contributed by atoms with Crippen LogP contribution in [0.15, 0.2) is 42.7 Å². The highest BCUT2D eigenvalue weighted by Crippen LogP contribution is 2.40. The van der Waals surface area contributed by atoms with Crippen molar-refractivity contribution in [2.75, 3.05) is 7.05 Å². The average molecular weight is 299 g/mol. The van der Waals surface area contributed by atoms with E-state index in [1.807, 2.05) is 36.5 Å². The fraction of sp³-hybridized carbons (Fsp3) is 0.312. The van der Waals surface area contributed by atoms with Crippen molar-refractivity contribution < 1.29 is 14.7 Å². The Morgan fingerprint density at radius 1 is 1.32 bits per heavy atom. The van der Waals surface area contributed by atoms with Crippen molar-refractivity contribution in [3.63, 3.8) is 0 Å². The van der Waals surface area contributed by atoms with Gasteiger partial charge in [-0.15, -0.1) is 0 Å². The molecule has 0 saturated heterocycles. The van der Waals surface area contributed by atoms with E-state index in [9.17, 15) is 9.59 Å². The van der Waals surface area contributed by atoms with Gasteiger partial charge in [-0.3, -0.25) is 9.59 Å². The second kappa shape index (κ2) is 5.63. The maximum Gasteiger partial charge on any atom is 0.307 e. The van der Waals surface area contributed by atoms with Gasteiger partial charge in [0.1, 0.15) is 0 Å². The number of rotatable bonds is 5. The van der Waals surface area contributed by atoms with Crippen LogP contribution in [0.3, 0.4) is 0 Å². The summed E-state index contributed by atoms with van der Waals surface area (Å²) in [5, 5.41) is 13.2. The SMILES string of the molecule is CN(Cc1cnn(-c2ccccc2)c1)C(=O)[C@@H]1C[C@@H]1C(=O)O. The molecule has 2 atom stereocenters. The number of nitrogens with zero attached hydrogens (tertiary/aromatic N) is 3. The number of aromatic nitrogens is 2. The Hall–Kier alpha value is -2.63. The highest BCUT2D eigenvalue weighted by molar-refractivity contribution is 5.89. The summed E-state index contributed by atoms with van der Waals surface area (Å²) < 4.78 is 1.75. The molecule has 22 heavy (non-hydrogen) atoms. The number of carboxylic acids is 1. The first-order chi connectivity index (χ1) is 10.6. The lowest BCUT2D eigenvalue weighted by Gasteiger charge is -2.15. The average Bonchev–Trinajstić information content (AvgIpc) is 3.20. The monoisotopic (exact) mass is 299 g/mol. The maximum atomic E-state index is 12.1. The zero-order valence-electron chi connectivity index (χ0n) is 12.2. The zero-order chi connectivity index (χ0) is 15.7. The van der Waals surface area contributed by atoms with Crippen LogP contribution < -0.4 is 0 Å². The number of amides is 1. The second-order valence-electron chi connectivity index (χ2n) is 5.61. The lowest BCUT2D eigenvalue weighted by Crippen LogP contribution is -2.28. The number of carbonyl (C=O) groups is 2. The number of carbonyl (C=O) groups excluding carboxylic acids is 1. The van der Waals surface area contributed by atoms with E-state index in [2.05, 4.69) is 5.10 Å². The third-order valence-electron chi connectivity index (χ3n) is 3.88. The van der Waals surface area contributed by atoms with Crippen LogP contribution in [-0.4, -0.2) is 38.7 Å². The van der Waals surface area contributed by atoms with Gasteiger partial charge < -0.3 is 10.0 Å². The molecule has 1 aliphatic rings. The van der Waals surface area contributed by atoms with Crippen molar-refractivity contribution in [2.24, 2.45) is 11.8 Å². The molecule has 3 rings (SSSR count). The summed E-state index contributed by atoms with van der Waals surface area (Å²) in [4.78, 5) is 24.5. The van der Waals surface area contributed by atoms with E-state index in [0.29, 0.717) is 13.0 Å². The molecular formula is C16H17N3O3. The minimum absolute atomic E-state index is 0.111. The predicted molar refractivity (Wildman–Crippen MR) is 79.3 cm³/mol. The lowest BCUT2D eigenvalue weighted by atomic mass is 10.2. The molecule has 0 unspecified atom stereocenters. The Balaban J connectivity index is 1.63. The highest BCUT2D eigenvalue weighted by Gasteiger charge is 2.49. The van der Waals surface area contributed by atoms with Crippen LogP contribution in [0.25, 0.3) is 5.69 Å². The van der Waals surface area contributed by atoms with Crippen LogP contribution in [0.2, 0.25) is 0 Å². The topological polar surface area (TPSA) is 75.4 Å². The predicted octanol–water partition coefficient (Wildman–Crippen LogP) is 1.55. The lowest BCUT2D eigenvalue weighted by molar-refractivity contribution is -0.141. The third kappa shape index (κ3) is 2.86.